The van der Waals surface area contributed by atoms with Gasteiger partial charge in [0, 0.05) is 17.4 Å². The molecule has 1 aliphatic carbocycles. The van der Waals surface area contributed by atoms with Crippen molar-refractivity contribution in [3.05, 3.63) is 24.3 Å². The number of nitrogens with two attached hydrogens (primary N) is 1. The number of carbonyl (C=O) groups excluding carboxylic acids is 1. The molecule has 1 fully saturated rings. The highest BCUT2D eigenvalue weighted by atomic mass is 16.2. The number of hydrogen-bond acceptors (Lipinski definition) is 2. The maximum absolute atomic E-state index is 10.7. The van der Waals surface area contributed by atoms with Gasteiger partial charge in [-0.25, -0.2) is 4.79 Å². The molecule has 0 radical (unpaired) electrons. The molecule has 0 heterocycles. The van der Waals surface area contributed by atoms with Gasteiger partial charge in [-0.05, 0) is 48.9 Å². The summed E-state index contributed by atoms with van der Waals surface area (Å²) in [7, 11) is 0. The van der Waals surface area contributed by atoms with Gasteiger partial charge in [-0.2, -0.15) is 0 Å². The highest BCUT2D eigenvalue weighted by Gasteiger charge is 2.25. The first-order chi connectivity index (χ1) is 9.04. The first-order valence-electron chi connectivity index (χ1n) is 6.97. The second-order valence-corrected chi connectivity index (χ2v) is 5.71. The number of benzene rings is 1. The zero-order valence-corrected chi connectivity index (χ0v) is 11.6. The lowest BCUT2D eigenvalue weighted by molar-refractivity contribution is 0.259. The Kier molecular flexibility index (Phi) is 4.30. The van der Waals surface area contributed by atoms with Crippen molar-refractivity contribution >= 4 is 17.4 Å². The molecule has 4 heteroatoms. The molecule has 0 spiro atoms. The molecule has 4 N–H and O–H groups in total. The van der Waals surface area contributed by atoms with E-state index in [4.69, 9.17) is 5.73 Å². The van der Waals surface area contributed by atoms with Crippen LogP contribution in [0.2, 0.25) is 0 Å². The summed E-state index contributed by atoms with van der Waals surface area (Å²) in [5.74, 6) is 1.50. The molecule has 0 aliphatic heterocycles. The SMILES string of the molecule is CC1CCC(C)C(Nc2ccc(NC(N)=O)cc2)C1. The predicted octanol–water partition coefficient (Wildman–Crippen LogP) is 3.41. The molecular formula is C15H23N3O. The van der Waals surface area contributed by atoms with Gasteiger partial charge in [-0.1, -0.05) is 20.3 Å². The summed E-state index contributed by atoms with van der Waals surface area (Å²) < 4.78 is 0. The van der Waals surface area contributed by atoms with Crippen LogP contribution in [0.4, 0.5) is 16.2 Å². The van der Waals surface area contributed by atoms with Gasteiger partial charge in [0.1, 0.15) is 0 Å². The van der Waals surface area contributed by atoms with E-state index in [0.717, 1.165) is 17.3 Å². The Labute approximate surface area is 114 Å². The standard InChI is InChI=1S/C15H23N3O/c1-10-3-4-11(2)14(9-10)17-12-5-7-13(8-6-12)18-15(16)19/h5-8,10-11,14,17H,3-4,9H2,1-2H3,(H3,16,18,19). The Morgan fingerprint density at radius 2 is 1.79 bits per heavy atom. The van der Waals surface area contributed by atoms with Crippen LogP contribution in [0.25, 0.3) is 0 Å². The first-order valence-corrected chi connectivity index (χ1v) is 6.97. The highest BCUT2D eigenvalue weighted by molar-refractivity contribution is 5.87. The van der Waals surface area contributed by atoms with Crippen molar-refractivity contribution in [3.8, 4) is 0 Å². The lowest BCUT2D eigenvalue weighted by Gasteiger charge is -2.34. The Morgan fingerprint density at radius 1 is 1.16 bits per heavy atom. The van der Waals surface area contributed by atoms with Crippen molar-refractivity contribution in [2.75, 3.05) is 10.6 Å². The van der Waals surface area contributed by atoms with E-state index >= 15 is 0 Å². The molecule has 104 valence electrons. The molecular weight excluding hydrogens is 238 g/mol. The topological polar surface area (TPSA) is 67.2 Å². The van der Waals surface area contributed by atoms with Gasteiger partial charge in [-0.15, -0.1) is 0 Å². The summed E-state index contributed by atoms with van der Waals surface area (Å²) in [5.41, 5.74) is 6.90. The van der Waals surface area contributed by atoms with E-state index in [0.29, 0.717) is 12.0 Å². The molecule has 2 rings (SSSR count). The van der Waals surface area contributed by atoms with E-state index < -0.39 is 6.03 Å². The van der Waals surface area contributed by atoms with Crippen LogP contribution < -0.4 is 16.4 Å². The summed E-state index contributed by atoms with van der Waals surface area (Å²) in [6, 6.07) is 7.71. The quantitative estimate of drug-likeness (QED) is 0.780. The minimum atomic E-state index is -0.532. The van der Waals surface area contributed by atoms with Gasteiger partial charge >= 0.3 is 6.03 Å². The Balaban J connectivity index is 1.96. The van der Waals surface area contributed by atoms with Crippen LogP contribution in [0.1, 0.15) is 33.1 Å². The molecule has 19 heavy (non-hydrogen) atoms. The number of primary amides is 1. The van der Waals surface area contributed by atoms with Crippen LogP contribution in [0.3, 0.4) is 0 Å². The van der Waals surface area contributed by atoms with E-state index in [1.54, 1.807) is 0 Å². The molecule has 4 nitrogen and oxygen atoms in total. The molecule has 1 aromatic rings. The molecule has 1 saturated carbocycles. The fraction of sp³-hybridized carbons (Fsp3) is 0.533. The van der Waals surface area contributed by atoms with E-state index in [1.807, 2.05) is 24.3 Å². The maximum Gasteiger partial charge on any atom is 0.316 e. The molecule has 0 aromatic heterocycles. The molecule has 1 aliphatic rings. The number of amides is 2. The number of anilines is 2. The Morgan fingerprint density at radius 3 is 2.42 bits per heavy atom. The lowest BCUT2D eigenvalue weighted by atomic mass is 9.80. The largest absolute Gasteiger partial charge is 0.382 e. The van der Waals surface area contributed by atoms with Crippen LogP contribution in [0, 0.1) is 11.8 Å². The monoisotopic (exact) mass is 261 g/mol. The smallest absolute Gasteiger partial charge is 0.316 e. The fourth-order valence-electron chi connectivity index (χ4n) is 2.74. The maximum atomic E-state index is 10.7. The van der Waals surface area contributed by atoms with Gasteiger partial charge < -0.3 is 16.4 Å². The van der Waals surface area contributed by atoms with Crippen molar-refractivity contribution in [3.63, 3.8) is 0 Å². The van der Waals surface area contributed by atoms with Crippen molar-refractivity contribution < 1.29 is 4.79 Å². The summed E-state index contributed by atoms with van der Waals surface area (Å²) in [4.78, 5) is 10.7. The zero-order valence-electron chi connectivity index (χ0n) is 11.6. The third kappa shape index (κ3) is 3.88. The van der Waals surface area contributed by atoms with Crippen molar-refractivity contribution in [2.24, 2.45) is 17.6 Å². The fourth-order valence-corrected chi connectivity index (χ4v) is 2.74. The molecule has 2 amide bonds. The normalized spacial score (nSPS) is 26.7. The molecule has 3 unspecified atom stereocenters. The second kappa shape index (κ2) is 5.95. The minimum Gasteiger partial charge on any atom is -0.382 e. The average Bonchev–Trinajstić information content (AvgIpc) is 2.35. The highest BCUT2D eigenvalue weighted by Crippen LogP contribution is 2.30. The summed E-state index contributed by atoms with van der Waals surface area (Å²) in [5, 5.41) is 6.16. The summed E-state index contributed by atoms with van der Waals surface area (Å²) >= 11 is 0. The van der Waals surface area contributed by atoms with E-state index in [2.05, 4.69) is 24.5 Å². The van der Waals surface area contributed by atoms with Gasteiger partial charge in [0.25, 0.3) is 0 Å². The second-order valence-electron chi connectivity index (χ2n) is 5.71. The van der Waals surface area contributed by atoms with Crippen LogP contribution in [-0.2, 0) is 0 Å². The van der Waals surface area contributed by atoms with Gasteiger partial charge in [0.2, 0.25) is 0 Å². The predicted molar refractivity (Wildman–Crippen MR) is 79.2 cm³/mol. The Bertz CT molecular complexity index is 430. The Hall–Kier alpha value is -1.71. The number of nitrogens with one attached hydrogen (secondary N) is 2. The van der Waals surface area contributed by atoms with Crippen molar-refractivity contribution in [1.29, 1.82) is 0 Å². The minimum absolute atomic E-state index is 0.532. The van der Waals surface area contributed by atoms with Gasteiger partial charge in [-0.3, -0.25) is 0 Å². The number of urea groups is 1. The third-order valence-corrected chi connectivity index (χ3v) is 3.96. The summed E-state index contributed by atoms with van der Waals surface area (Å²) in [6.45, 7) is 4.63. The number of hydrogen-bond donors (Lipinski definition) is 3. The van der Waals surface area contributed by atoms with Crippen LogP contribution >= 0.6 is 0 Å². The average molecular weight is 261 g/mol. The molecule has 0 bridgehead atoms. The van der Waals surface area contributed by atoms with E-state index in [1.165, 1.54) is 19.3 Å². The number of rotatable bonds is 3. The van der Waals surface area contributed by atoms with Crippen LogP contribution in [-0.4, -0.2) is 12.1 Å². The zero-order chi connectivity index (χ0) is 13.8. The van der Waals surface area contributed by atoms with Crippen molar-refractivity contribution in [1.82, 2.24) is 0 Å². The number of carbonyl (C=O) groups is 1. The lowest BCUT2D eigenvalue weighted by Crippen LogP contribution is -2.33. The van der Waals surface area contributed by atoms with Gasteiger partial charge in [0.05, 0.1) is 0 Å². The molecule has 1 aromatic carbocycles. The summed E-state index contributed by atoms with van der Waals surface area (Å²) in [6.07, 6.45) is 3.85. The third-order valence-electron chi connectivity index (χ3n) is 3.96. The first kappa shape index (κ1) is 13.7. The van der Waals surface area contributed by atoms with E-state index in [9.17, 15) is 4.79 Å². The molecule has 0 saturated heterocycles. The van der Waals surface area contributed by atoms with Crippen LogP contribution in [0.15, 0.2) is 24.3 Å². The van der Waals surface area contributed by atoms with Crippen LogP contribution in [0.5, 0.6) is 0 Å². The molecule has 3 atom stereocenters. The van der Waals surface area contributed by atoms with E-state index in [-0.39, 0.29) is 0 Å². The van der Waals surface area contributed by atoms with Crippen molar-refractivity contribution in [2.45, 2.75) is 39.2 Å². The van der Waals surface area contributed by atoms with Gasteiger partial charge in [0.15, 0.2) is 0 Å².